The smallest absolute Gasteiger partial charge is 0.231 e. The van der Waals surface area contributed by atoms with Crippen molar-refractivity contribution in [2.45, 2.75) is 18.9 Å². The summed E-state index contributed by atoms with van der Waals surface area (Å²) in [5, 5.41) is 3.23. The Morgan fingerprint density at radius 2 is 1.72 bits per heavy atom. The summed E-state index contributed by atoms with van der Waals surface area (Å²) in [4.78, 5) is 16.3. The quantitative estimate of drug-likeness (QED) is 0.597. The molecule has 1 amide bonds. The minimum absolute atomic E-state index is 0. The summed E-state index contributed by atoms with van der Waals surface area (Å²) in [5.41, 5.74) is 3.83. The molecule has 0 aromatic heterocycles. The normalized spacial score (nSPS) is 15.8. The highest BCUT2D eigenvalue weighted by molar-refractivity contribution is 5.94. The predicted molar refractivity (Wildman–Crippen MR) is 127 cm³/mol. The van der Waals surface area contributed by atoms with Gasteiger partial charge in [0.1, 0.15) is 11.6 Å². The minimum atomic E-state index is -0.317. The number of halogens is 2. The lowest BCUT2D eigenvalue weighted by molar-refractivity contribution is -0.117. The van der Waals surface area contributed by atoms with Crippen LogP contribution in [0.3, 0.4) is 0 Å². The molecular formula is C26H29F2N3O. The molecular weight excluding hydrogens is 408 g/mol. The van der Waals surface area contributed by atoms with Gasteiger partial charge in [-0.15, -0.1) is 0 Å². The fourth-order valence-electron chi connectivity index (χ4n) is 4.07. The Morgan fingerprint density at radius 3 is 2.31 bits per heavy atom. The molecule has 1 unspecified atom stereocenters. The molecule has 32 heavy (non-hydrogen) atoms. The highest BCUT2D eigenvalue weighted by atomic mass is 19.1. The van der Waals surface area contributed by atoms with Gasteiger partial charge in [-0.2, -0.15) is 0 Å². The fourth-order valence-corrected chi connectivity index (χ4v) is 4.07. The van der Waals surface area contributed by atoms with Crippen LogP contribution in [0.4, 0.5) is 20.2 Å². The van der Waals surface area contributed by atoms with E-state index in [1.165, 1.54) is 23.1 Å². The Hall–Kier alpha value is -3.25. The average molecular weight is 438 g/mol. The first-order valence-corrected chi connectivity index (χ1v) is 10.8. The first-order chi connectivity index (χ1) is 15.4. The second kappa shape index (κ2) is 9.49. The van der Waals surface area contributed by atoms with Crippen LogP contribution in [-0.4, -0.2) is 39.1 Å². The van der Waals surface area contributed by atoms with E-state index in [1.807, 2.05) is 36.2 Å². The number of nitrogens with one attached hydrogen (secondary N) is 1. The maximum Gasteiger partial charge on any atom is 0.231 e. The van der Waals surface area contributed by atoms with Crippen LogP contribution in [0, 0.1) is 11.6 Å². The summed E-state index contributed by atoms with van der Waals surface area (Å²) >= 11 is 0. The van der Waals surface area contributed by atoms with Crippen LogP contribution in [0.1, 0.15) is 13.4 Å². The third kappa shape index (κ3) is 4.81. The molecule has 3 aromatic rings. The summed E-state index contributed by atoms with van der Waals surface area (Å²) in [6.45, 7) is 1.58. The van der Waals surface area contributed by atoms with Crippen molar-refractivity contribution in [2.75, 3.05) is 37.0 Å². The van der Waals surface area contributed by atoms with E-state index >= 15 is 0 Å². The number of nitrogens with zero attached hydrogens (tertiary/aromatic N) is 2. The third-order valence-electron chi connectivity index (χ3n) is 6.12. The minimum Gasteiger partial charge on any atom is -0.368 e. The standard InChI is InChI=1S/C26H27F2N3O.H2/c1-29-22-13-14-31(17-22)25-12-11-23(16-24(25)28)30(2)26(32)15-18-3-5-19(6-4-18)20-7-9-21(27)10-8-20;/h3-12,16,22,29H,13-15,17H2,1-2H3;1H. The molecule has 4 rings (SSSR count). The number of likely N-dealkylation sites (N-methyl/N-ethyl adjacent to an activating group) is 2. The number of carbonyl (C=O) groups excluding carboxylic acids is 1. The predicted octanol–water partition coefficient (Wildman–Crippen LogP) is 4.88. The van der Waals surface area contributed by atoms with E-state index in [9.17, 15) is 13.6 Å². The van der Waals surface area contributed by atoms with Crippen molar-refractivity contribution in [2.24, 2.45) is 0 Å². The van der Waals surface area contributed by atoms with Gasteiger partial charge < -0.3 is 15.1 Å². The van der Waals surface area contributed by atoms with Crippen molar-refractivity contribution in [1.29, 1.82) is 0 Å². The fraction of sp³-hybridized carbons (Fsp3) is 0.269. The topological polar surface area (TPSA) is 35.6 Å². The summed E-state index contributed by atoms with van der Waals surface area (Å²) in [6.07, 6.45) is 1.19. The van der Waals surface area contributed by atoms with Gasteiger partial charge in [0.25, 0.3) is 0 Å². The Morgan fingerprint density at radius 1 is 1.06 bits per heavy atom. The van der Waals surface area contributed by atoms with Gasteiger partial charge in [0.2, 0.25) is 5.91 Å². The molecule has 6 heteroatoms. The van der Waals surface area contributed by atoms with E-state index in [-0.39, 0.29) is 25.4 Å². The zero-order valence-electron chi connectivity index (χ0n) is 18.3. The molecule has 1 fully saturated rings. The van der Waals surface area contributed by atoms with E-state index < -0.39 is 0 Å². The largest absolute Gasteiger partial charge is 0.368 e. The zero-order valence-corrected chi connectivity index (χ0v) is 18.3. The Balaban J connectivity index is 0.00000306. The van der Waals surface area contributed by atoms with Crippen molar-refractivity contribution >= 4 is 17.3 Å². The summed E-state index contributed by atoms with van der Waals surface area (Å²) in [5.74, 6) is -0.711. The van der Waals surface area contributed by atoms with Crippen LogP contribution in [0.25, 0.3) is 11.1 Å². The number of anilines is 2. The van der Waals surface area contributed by atoms with E-state index in [2.05, 4.69) is 5.32 Å². The van der Waals surface area contributed by atoms with Gasteiger partial charge >= 0.3 is 0 Å². The van der Waals surface area contributed by atoms with Crippen molar-refractivity contribution in [3.63, 3.8) is 0 Å². The molecule has 0 bridgehead atoms. The van der Waals surface area contributed by atoms with Gasteiger partial charge in [-0.1, -0.05) is 36.4 Å². The Bertz CT molecular complexity index is 1090. The molecule has 0 aliphatic carbocycles. The van der Waals surface area contributed by atoms with Crippen LogP contribution in [0.15, 0.2) is 66.7 Å². The maximum absolute atomic E-state index is 14.8. The molecule has 1 aliphatic heterocycles. The lowest BCUT2D eigenvalue weighted by Gasteiger charge is -2.22. The SMILES string of the molecule is CNC1CCN(c2ccc(N(C)C(=O)Cc3ccc(-c4ccc(F)cc4)cc3)cc2F)C1.[HH]. The Labute approximate surface area is 189 Å². The third-order valence-corrected chi connectivity index (χ3v) is 6.12. The number of rotatable bonds is 6. The molecule has 1 aliphatic rings. The lowest BCUT2D eigenvalue weighted by Crippen LogP contribution is -2.30. The van der Waals surface area contributed by atoms with Gasteiger partial charge in [0, 0.05) is 33.3 Å². The van der Waals surface area contributed by atoms with E-state index in [4.69, 9.17) is 0 Å². The van der Waals surface area contributed by atoms with Gasteiger partial charge in [0.15, 0.2) is 0 Å². The summed E-state index contributed by atoms with van der Waals surface area (Å²) < 4.78 is 27.9. The molecule has 168 valence electrons. The molecule has 0 saturated carbocycles. The van der Waals surface area contributed by atoms with Gasteiger partial charge in [-0.3, -0.25) is 4.79 Å². The van der Waals surface area contributed by atoms with Crippen molar-refractivity contribution in [3.05, 3.63) is 83.9 Å². The molecule has 4 nitrogen and oxygen atoms in total. The number of amides is 1. The van der Waals surface area contributed by atoms with E-state index in [1.54, 1.807) is 31.3 Å². The van der Waals surface area contributed by atoms with Crippen LogP contribution >= 0.6 is 0 Å². The van der Waals surface area contributed by atoms with Crippen molar-refractivity contribution in [3.8, 4) is 11.1 Å². The highest BCUT2D eigenvalue weighted by Crippen LogP contribution is 2.28. The number of hydrogen-bond donors (Lipinski definition) is 1. The molecule has 0 spiro atoms. The second-order valence-corrected chi connectivity index (χ2v) is 8.19. The van der Waals surface area contributed by atoms with E-state index in [0.29, 0.717) is 17.4 Å². The second-order valence-electron chi connectivity index (χ2n) is 8.19. The van der Waals surface area contributed by atoms with Gasteiger partial charge in [-0.25, -0.2) is 8.78 Å². The first-order valence-electron chi connectivity index (χ1n) is 10.8. The number of hydrogen-bond acceptors (Lipinski definition) is 3. The highest BCUT2D eigenvalue weighted by Gasteiger charge is 2.24. The monoisotopic (exact) mass is 437 g/mol. The molecule has 0 radical (unpaired) electrons. The average Bonchev–Trinajstić information content (AvgIpc) is 3.28. The summed E-state index contributed by atoms with van der Waals surface area (Å²) in [6, 6.07) is 19.3. The van der Waals surface area contributed by atoms with Crippen LogP contribution in [0.2, 0.25) is 0 Å². The number of carbonyl (C=O) groups is 1. The van der Waals surface area contributed by atoms with Crippen molar-refractivity contribution in [1.82, 2.24) is 5.32 Å². The molecule has 1 atom stereocenters. The summed E-state index contributed by atoms with van der Waals surface area (Å²) in [7, 11) is 3.58. The lowest BCUT2D eigenvalue weighted by atomic mass is 10.0. The van der Waals surface area contributed by atoms with Crippen LogP contribution < -0.4 is 15.1 Å². The zero-order chi connectivity index (χ0) is 22.7. The molecule has 3 aromatic carbocycles. The first kappa shape index (κ1) is 22.0. The van der Waals surface area contributed by atoms with Crippen molar-refractivity contribution < 1.29 is 15.0 Å². The Kier molecular flexibility index (Phi) is 6.51. The van der Waals surface area contributed by atoms with Crippen LogP contribution in [-0.2, 0) is 11.2 Å². The maximum atomic E-state index is 14.8. The van der Waals surface area contributed by atoms with E-state index in [0.717, 1.165) is 36.2 Å². The molecule has 1 saturated heterocycles. The van der Waals surface area contributed by atoms with Crippen LogP contribution in [0.5, 0.6) is 0 Å². The molecule has 1 heterocycles. The van der Waals surface area contributed by atoms with Gasteiger partial charge in [0.05, 0.1) is 12.1 Å². The number of benzene rings is 3. The molecule has 1 N–H and O–H groups in total. The van der Waals surface area contributed by atoms with Gasteiger partial charge in [-0.05, 0) is 60.5 Å².